The predicted molar refractivity (Wildman–Crippen MR) is 119 cm³/mol. The van der Waals surface area contributed by atoms with Crippen LogP contribution in [0.15, 0.2) is 84.9 Å². The second-order valence-corrected chi connectivity index (χ2v) is 7.02. The molecule has 149 valence electrons. The fourth-order valence-electron chi connectivity index (χ4n) is 3.39. The molecule has 0 saturated carbocycles. The Morgan fingerprint density at radius 2 is 1.34 bits per heavy atom. The number of ether oxygens (including phenoxy) is 1. The molecule has 0 saturated heterocycles. The Morgan fingerprint density at radius 3 is 1.90 bits per heavy atom. The minimum Gasteiger partial charge on any atom is -0.492 e. The van der Waals surface area contributed by atoms with E-state index < -0.39 is 0 Å². The van der Waals surface area contributed by atoms with Crippen molar-refractivity contribution >= 4 is 11.1 Å². The zero-order valence-corrected chi connectivity index (χ0v) is 17.2. The van der Waals surface area contributed by atoms with E-state index in [9.17, 15) is 5.11 Å². The van der Waals surface area contributed by atoms with E-state index in [0.29, 0.717) is 13.2 Å². The van der Waals surface area contributed by atoms with Crippen LogP contribution in [-0.2, 0) is 5.11 Å². The molecular weight excluding hydrogens is 358 g/mol. The van der Waals surface area contributed by atoms with Crippen molar-refractivity contribution in [3.63, 3.8) is 0 Å². The molecule has 0 spiro atoms. The Morgan fingerprint density at radius 1 is 0.793 bits per heavy atom. The van der Waals surface area contributed by atoms with Gasteiger partial charge in [-0.15, -0.1) is 0 Å². The van der Waals surface area contributed by atoms with Crippen LogP contribution < -0.4 is 4.74 Å². The van der Waals surface area contributed by atoms with Crippen molar-refractivity contribution in [2.24, 2.45) is 0 Å². The third-order valence-corrected chi connectivity index (χ3v) is 4.95. The van der Waals surface area contributed by atoms with Crippen molar-refractivity contribution in [1.82, 2.24) is 4.90 Å². The molecule has 0 fully saturated rings. The van der Waals surface area contributed by atoms with Crippen molar-refractivity contribution in [1.29, 1.82) is 0 Å². The van der Waals surface area contributed by atoms with Crippen LogP contribution in [0.3, 0.4) is 0 Å². The molecular formula is C26H28NO2. The fraction of sp³-hybridized carbons (Fsp3) is 0.231. The lowest BCUT2D eigenvalue weighted by Gasteiger charge is -2.17. The van der Waals surface area contributed by atoms with Gasteiger partial charge in [0.25, 0.3) is 0 Å². The Hall–Kier alpha value is -2.88. The lowest BCUT2D eigenvalue weighted by atomic mass is 9.88. The molecule has 29 heavy (non-hydrogen) atoms. The highest BCUT2D eigenvalue weighted by Crippen LogP contribution is 2.34. The van der Waals surface area contributed by atoms with Gasteiger partial charge in [0.1, 0.15) is 19.1 Å². The molecule has 3 aromatic rings. The van der Waals surface area contributed by atoms with Gasteiger partial charge in [-0.2, -0.15) is 0 Å². The predicted octanol–water partition coefficient (Wildman–Crippen LogP) is 5.75. The van der Waals surface area contributed by atoms with Gasteiger partial charge < -0.3 is 4.74 Å². The maximum absolute atomic E-state index is 10.8. The van der Waals surface area contributed by atoms with Gasteiger partial charge >= 0.3 is 0 Å². The molecule has 0 N–H and O–H groups in total. The number of likely N-dealkylation sites (N-methyl/N-ethyl adjacent to an activating group) is 1. The Labute approximate surface area is 173 Å². The number of hydrogen-bond donors (Lipinski definition) is 0. The summed E-state index contributed by atoms with van der Waals surface area (Å²) in [5.41, 5.74) is 6.19. The third-order valence-electron chi connectivity index (χ3n) is 4.95. The van der Waals surface area contributed by atoms with Gasteiger partial charge in [-0.1, -0.05) is 79.7 Å². The number of rotatable bonds is 9. The van der Waals surface area contributed by atoms with Crippen molar-refractivity contribution < 1.29 is 9.84 Å². The Balaban J connectivity index is 1.94. The summed E-state index contributed by atoms with van der Waals surface area (Å²) < 4.78 is 5.79. The second kappa shape index (κ2) is 10.6. The fourth-order valence-corrected chi connectivity index (χ4v) is 3.39. The molecule has 0 heterocycles. The van der Waals surface area contributed by atoms with Crippen LogP contribution >= 0.6 is 0 Å². The van der Waals surface area contributed by atoms with Crippen LogP contribution in [0.1, 0.15) is 30.0 Å². The molecule has 0 amide bonds. The lowest BCUT2D eigenvalue weighted by molar-refractivity contribution is 0.0606. The molecule has 0 bridgehead atoms. The van der Waals surface area contributed by atoms with Crippen molar-refractivity contribution in [2.75, 3.05) is 26.9 Å². The summed E-state index contributed by atoms with van der Waals surface area (Å²) in [6.45, 7) is 3.11. The largest absolute Gasteiger partial charge is 0.492 e. The van der Waals surface area contributed by atoms with Crippen molar-refractivity contribution in [3.05, 3.63) is 102 Å². The normalized spacial score (nSPS) is 12.0. The van der Waals surface area contributed by atoms with E-state index >= 15 is 0 Å². The first-order valence-electron chi connectivity index (χ1n) is 10.1. The van der Waals surface area contributed by atoms with Crippen molar-refractivity contribution in [2.45, 2.75) is 13.3 Å². The Kier molecular flexibility index (Phi) is 7.62. The average Bonchev–Trinajstić information content (AvgIpc) is 2.79. The maximum Gasteiger partial charge on any atom is 0.135 e. The summed E-state index contributed by atoms with van der Waals surface area (Å²) in [7, 11) is 1.80. The van der Waals surface area contributed by atoms with E-state index in [1.54, 1.807) is 11.9 Å². The summed E-state index contributed by atoms with van der Waals surface area (Å²) in [4.78, 5) is 1.69. The monoisotopic (exact) mass is 386 g/mol. The van der Waals surface area contributed by atoms with Crippen LogP contribution in [0, 0.1) is 0 Å². The molecule has 0 aliphatic heterocycles. The van der Waals surface area contributed by atoms with E-state index in [4.69, 9.17) is 4.74 Å². The molecule has 3 nitrogen and oxygen atoms in total. The highest BCUT2D eigenvalue weighted by Gasteiger charge is 2.13. The van der Waals surface area contributed by atoms with Crippen LogP contribution in [0.2, 0.25) is 0 Å². The molecule has 0 aliphatic carbocycles. The SMILES string of the molecule is CC/C(=C(\c1ccccc1)c1ccc(OCCN(C)C[O])cc1)c1ccccc1. The Bertz CT molecular complexity index is 902. The summed E-state index contributed by atoms with van der Waals surface area (Å²) in [5.74, 6) is 0.818. The van der Waals surface area contributed by atoms with Crippen LogP contribution in [0.4, 0.5) is 0 Å². The number of nitrogens with zero attached hydrogens (tertiary/aromatic N) is 1. The number of allylic oxidation sites excluding steroid dienone is 1. The molecule has 3 heteroatoms. The quantitative estimate of drug-likeness (QED) is 0.346. The maximum atomic E-state index is 10.8. The van der Waals surface area contributed by atoms with E-state index in [1.807, 2.05) is 18.2 Å². The number of hydrogen-bond acceptors (Lipinski definition) is 2. The smallest absolute Gasteiger partial charge is 0.135 e. The van der Waals surface area contributed by atoms with Gasteiger partial charge in [0.05, 0.1) is 0 Å². The van der Waals surface area contributed by atoms with E-state index in [-0.39, 0.29) is 6.73 Å². The van der Waals surface area contributed by atoms with E-state index in [1.165, 1.54) is 27.8 Å². The minimum atomic E-state index is -0.215. The zero-order chi connectivity index (χ0) is 20.5. The standard InChI is InChI=1S/C26H28NO2/c1-3-25(21-10-6-4-7-11-21)26(22-12-8-5-9-13-22)23-14-16-24(17-15-23)29-19-18-27(2)20-28/h4-17H,3,18-20H2,1-2H3/b26-25-. The highest BCUT2D eigenvalue weighted by atomic mass is 16.5. The summed E-state index contributed by atoms with van der Waals surface area (Å²) >= 11 is 0. The summed E-state index contributed by atoms with van der Waals surface area (Å²) in [6.07, 6.45) is 0.939. The van der Waals surface area contributed by atoms with Gasteiger partial charge in [-0.3, -0.25) is 4.90 Å². The molecule has 0 aromatic heterocycles. The summed E-state index contributed by atoms with van der Waals surface area (Å²) in [6, 6.07) is 29.4. The van der Waals surface area contributed by atoms with E-state index in [0.717, 1.165) is 12.2 Å². The first kappa shape index (κ1) is 20.8. The first-order chi connectivity index (χ1) is 14.2. The number of benzene rings is 3. The third kappa shape index (κ3) is 5.57. The van der Waals surface area contributed by atoms with Crippen molar-refractivity contribution in [3.8, 4) is 5.75 Å². The zero-order valence-electron chi connectivity index (χ0n) is 17.2. The highest BCUT2D eigenvalue weighted by molar-refractivity contribution is 5.98. The average molecular weight is 387 g/mol. The van der Waals surface area contributed by atoms with Gasteiger partial charge in [-0.25, -0.2) is 5.11 Å². The van der Waals surface area contributed by atoms with Crippen LogP contribution in [0.5, 0.6) is 5.75 Å². The molecule has 0 unspecified atom stereocenters. The lowest BCUT2D eigenvalue weighted by Crippen LogP contribution is -2.24. The van der Waals surface area contributed by atoms with E-state index in [2.05, 4.69) is 73.7 Å². The molecule has 3 aromatic carbocycles. The molecule has 1 radical (unpaired) electrons. The second-order valence-electron chi connectivity index (χ2n) is 7.02. The van der Waals surface area contributed by atoms with Gasteiger partial charge in [0, 0.05) is 6.54 Å². The molecule has 3 rings (SSSR count). The molecule has 0 aliphatic rings. The van der Waals surface area contributed by atoms with Crippen LogP contribution in [-0.4, -0.2) is 31.8 Å². The summed E-state index contributed by atoms with van der Waals surface area (Å²) in [5, 5.41) is 10.8. The topological polar surface area (TPSA) is 32.4 Å². The molecule has 0 atom stereocenters. The first-order valence-corrected chi connectivity index (χ1v) is 10.1. The van der Waals surface area contributed by atoms with Gasteiger partial charge in [0.2, 0.25) is 0 Å². The minimum absolute atomic E-state index is 0.215. The van der Waals surface area contributed by atoms with Gasteiger partial charge in [-0.05, 0) is 53.4 Å². The van der Waals surface area contributed by atoms with Gasteiger partial charge in [0.15, 0.2) is 0 Å². The van der Waals surface area contributed by atoms with Crippen LogP contribution in [0.25, 0.3) is 11.1 Å².